The molecule has 1 aromatic rings. The van der Waals surface area contributed by atoms with Gasteiger partial charge in [-0.2, -0.15) is 0 Å². The van der Waals surface area contributed by atoms with Crippen molar-refractivity contribution in [3.8, 4) is 0 Å². The molecule has 1 rings (SSSR count). The van der Waals surface area contributed by atoms with Gasteiger partial charge in [-0.05, 0) is 18.6 Å². The van der Waals surface area contributed by atoms with Gasteiger partial charge in [0, 0.05) is 28.6 Å². The third-order valence-electron chi connectivity index (χ3n) is 4.66. The Morgan fingerprint density at radius 1 is 1.12 bits per heavy atom. The SMILES string of the molecule is CCCCCCC(Sc1ccccc1)C(OC)C(C)C(=O)C(C)(C)C. The standard InChI is InChI=1S/C22H36O2S/c1-7-8-9-13-16-19(25-18-14-11-10-12-15-18)20(24-6)17(2)21(23)22(3,4)5/h10-12,14-15,17,19-20H,7-9,13,16H2,1-6H3. The Kier molecular flexibility index (Phi) is 9.81. The van der Waals surface area contributed by atoms with Crippen LogP contribution in [-0.4, -0.2) is 24.2 Å². The Bertz CT molecular complexity index is 492. The molecule has 0 aromatic heterocycles. The number of thioether (sulfide) groups is 1. The molecule has 2 nitrogen and oxygen atoms in total. The normalized spacial score (nSPS) is 15.6. The van der Waals surface area contributed by atoms with Gasteiger partial charge in [0.2, 0.25) is 0 Å². The zero-order valence-corrected chi connectivity index (χ0v) is 17.7. The lowest BCUT2D eigenvalue weighted by molar-refractivity contribution is -0.134. The molecule has 3 heteroatoms. The monoisotopic (exact) mass is 364 g/mol. The molecule has 1 aromatic carbocycles. The summed E-state index contributed by atoms with van der Waals surface area (Å²) in [4.78, 5) is 14.1. The number of ketones is 1. The predicted octanol–water partition coefficient (Wildman–Crippen LogP) is 6.38. The molecule has 142 valence electrons. The van der Waals surface area contributed by atoms with E-state index in [0.29, 0.717) is 5.25 Å². The van der Waals surface area contributed by atoms with Crippen molar-refractivity contribution in [2.45, 2.75) is 83.0 Å². The average molecular weight is 365 g/mol. The highest BCUT2D eigenvalue weighted by molar-refractivity contribution is 8.00. The van der Waals surface area contributed by atoms with Gasteiger partial charge in [0.1, 0.15) is 5.78 Å². The molecule has 0 heterocycles. The van der Waals surface area contributed by atoms with E-state index in [4.69, 9.17) is 4.74 Å². The minimum absolute atomic E-state index is 0.0569. The van der Waals surface area contributed by atoms with Crippen molar-refractivity contribution >= 4 is 17.5 Å². The summed E-state index contributed by atoms with van der Waals surface area (Å²) in [5, 5.41) is 0.297. The van der Waals surface area contributed by atoms with Crippen LogP contribution in [0.3, 0.4) is 0 Å². The van der Waals surface area contributed by atoms with Crippen LogP contribution < -0.4 is 0 Å². The summed E-state index contributed by atoms with van der Waals surface area (Å²) >= 11 is 1.86. The van der Waals surface area contributed by atoms with Crippen LogP contribution in [0.2, 0.25) is 0 Å². The molecule has 0 spiro atoms. The van der Waals surface area contributed by atoms with Crippen molar-refractivity contribution < 1.29 is 9.53 Å². The zero-order chi connectivity index (χ0) is 18.9. The van der Waals surface area contributed by atoms with Gasteiger partial charge in [-0.25, -0.2) is 0 Å². The van der Waals surface area contributed by atoms with Crippen LogP contribution in [0.1, 0.15) is 66.7 Å². The number of Topliss-reactive ketones (excluding diaryl/α,β-unsaturated/α-hetero) is 1. The molecule has 0 bridgehead atoms. The number of carbonyl (C=O) groups is 1. The van der Waals surface area contributed by atoms with Crippen molar-refractivity contribution in [1.29, 1.82) is 0 Å². The van der Waals surface area contributed by atoms with Crippen LogP contribution in [0.25, 0.3) is 0 Å². The topological polar surface area (TPSA) is 26.3 Å². The first-order valence-corrected chi connectivity index (χ1v) is 10.5. The number of carbonyl (C=O) groups excluding carboxylic acids is 1. The Labute approximate surface area is 159 Å². The fraction of sp³-hybridized carbons (Fsp3) is 0.682. The molecule has 0 aliphatic rings. The van der Waals surface area contributed by atoms with Crippen molar-refractivity contribution in [2.24, 2.45) is 11.3 Å². The van der Waals surface area contributed by atoms with Crippen LogP contribution in [-0.2, 0) is 9.53 Å². The number of unbranched alkanes of at least 4 members (excludes halogenated alkanes) is 3. The first-order valence-electron chi connectivity index (χ1n) is 9.60. The van der Waals surface area contributed by atoms with Gasteiger partial charge < -0.3 is 4.74 Å². The largest absolute Gasteiger partial charge is 0.380 e. The lowest BCUT2D eigenvalue weighted by atomic mass is 9.80. The highest BCUT2D eigenvalue weighted by Crippen LogP contribution is 2.35. The summed E-state index contributed by atoms with van der Waals surface area (Å²) < 4.78 is 5.88. The van der Waals surface area contributed by atoms with Crippen LogP contribution in [0.5, 0.6) is 0 Å². The first-order chi connectivity index (χ1) is 11.8. The van der Waals surface area contributed by atoms with Crippen molar-refractivity contribution in [3.63, 3.8) is 0 Å². The number of hydrogen-bond donors (Lipinski definition) is 0. The van der Waals surface area contributed by atoms with Crippen molar-refractivity contribution in [3.05, 3.63) is 30.3 Å². The third-order valence-corrected chi connectivity index (χ3v) is 6.01. The minimum Gasteiger partial charge on any atom is -0.380 e. The smallest absolute Gasteiger partial charge is 0.143 e. The van der Waals surface area contributed by atoms with E-state index in [9.17, 15) is 4.79 Å². The predicted molar refractivity (Wildman–Crippen MR) is 109 cm³/mol. The summed E-state index contributed by atoms with van der Waals surface area (Å²) in [5.74, 6) is 0.184. The van der Waals surface area contributed by atoms with E-state index >= 15 is 0 Å². The van der Waals surface area contributed by atoms with Crippen LogP contribution in [0, 0.1) is 11.3 Å². The summed E-state index contributed by atoms with van der Waals surface area (Å²) in [6.07, 6.45) is 5.98. The summed E-state index contributed by atoms with van der Waals surface area (Å²) in [7, 11) is 1.75. The number of benzene rings is 1. The second-order valence-corrected chi connectivity index (χ2v) is 9.23. The van der Waals surface area contributed by atoms with Gasteiger partial charge in [0.25, 0.3) is 0 Å². The second kappa shape index (κ2) is 11.0. The number of ether oxygens (including phenoxy) is 1. The molecular weight excluding hydrogens is 328 g/mol. The van der Waals surface area contributed by atoms with Crippen molar-refractivity contribution in [2.75, 3.05) is 7.11 Å². The lowest BCUT2D eigenvalue weighted by Crippen LogP contribution is -2.40. The van der Waals surface area contributed by atoms with E-state index in [1.807, 2.05) is 45.5 Å². The molecule has 0 fully saturated rings. The Balaban J connectivity index is 2.90. The molecule has 0 radical (unpaired) electrons. The molecule has 0 saturated heterocycles. The molecule has 0 aliphatic carbocycles. The van der Waals surface area contributed by atoms with Crippen LogP contribution in [0.4, 0.5) is 0 Å². The van der Waals surface area contributed by atoms with Gasteiger partial charge in [-0.15, -0.1) is 11.8 Å². The molecule has 3 atom stereocenters. The van der Waals surface area contributed by atoms with Crippen LogP contribution in [0.15, 0.2) is 35.2 Å². The molecular formula is C22H36O2S. The zero-order valence-electron chi connectivity index (χ0n) is 16.9. The highest BCUT2D eigenvalue weighted by Gasteiger charge is 2.36. The first kappa shape index (κ1) is 22.2. The van der Waals surface area contributed by atoms with Gasteiger partial charge >= 0.3 is 0 Å². The van der Waals surface area contributed by atoms with E-state index in [2.05, 4.69) is 31.2 Å². The van der Waals surface area contributed by atoms with Gasteiger partial charge in [-0.3, -0.25) is 4.79 Å². The number of methoxy groups -OCH3 is 1. The fourth-order valence-electron chi connectivity index (χ4n) is 3.25. The number of rotatable bonds is 11. The maximum atomic E-state index is 12.8. The number of hydrogen-bond acceptors (Lipinski definition) is 3. The van der Waals surface area contributed by atoms with E-state index in [-0.39, 0.29) is 23.2 Å². The summed E-state index contributed by atoms with van der Waals surface area (Å²) in [6, 6.07) is 10.5. The molecule has 3 unspecified atom stereocenters. The minimum atomic E-state index is -0.333. The molecule has 0 aliphatic heterocycles. The van der Waals surface area contributed by atoms with Crippen molar-refractivity contribution in [1.82, 2.24) is 0 Å². The maximum absolute atomic E-state index is 12.8. The lowest BCUT2D eigenvalue weighted by Gasteiger charge is -2.33. The molecule has 0 saturated carbocycles. The second-order valence-electron chi connectivity index (χ2n) is 7.92. The maximum Gasteiger partial charge on any atom is 0.143 e. The Hall–Kier alpha value is -0.800. The molecule has 0 N–H and O–H groups in total. The Morgan fingerprint density at radius 2 is 1.76 bits per heavy atom. The van der Waals surface area contributed by atoms with Gasteiger partial charge in [0.15, 0.2) is 0 Å². The quantitative estimate of drug-likeness (QED) is 0.336. The molecule has 25 heavy (non-hydrogen) atoms. The average Bonchev–Trinajstić information content (AvgIpc) is 2.58. The highest BCUT2D eigenvalue weighted by atomic mass is 32.2. The third kappa shape index (κ3) is 7.53. The van der Waals surface area contributed by atoms with Gasteiger partial charge in [0.05, 0.1) is 6.10 Å². The van der Waals surface area contributed by atoms with E-state index in [1.165, 1.54) is 30.6 Å². The fourth-order valence-corrected chi connectivity index (χ4v) is 4.68. The van der Waals surface area contributed by atoms with E-state index in [1.54, 1.807) is 7.11 Å². The van der Waals surface area contributed by atoms with Gasteiger partial charge in [-0.1, -0.05) is 78.5 Å². The summed E-state index contributed by atoms with van der Waals surface area (Å²) in [6.45, 7) is 10.3. The van der Waals surface area contributed by atoms with Crippen LogP contribution >= 0.6 is 11.8 Å². The van der Waals surface area contributed by atoms with E-state index in [0.717, 1.165) is 6.42 Å². The summed E-state index contributed by atoms with van der Waals surface area (Å²) in [5.41, 5.74) is -0.333. The molecule has 0 amide bonds. The van der Waals surface area contributed by atoms with E-state index < -0.39 is 0 Å². The Morgan fingerprint density at radius 3 is 2.28 bits per heavy atom.